The number of hydrogen-bond donors (Lipinski definition) is 1. The van der Waals surface area contributed by atoms with Gasteiger partial charge in [-0.25, -0.2) is 0 Å². The zero-order valence-electron chi connectivity index (χ0n) is 7.99. The van der Waals surface area contributed by atoms with E-state index in [0.717, 1.165) is 16.7 Å². The van der Waals surface area contributed by atoms with E-state index in [-0.39, 0.29) is 0 Å². The Balaban J connectivity index is 2.44. The van der Waals surface area contributed by atoms with Gasteiger partial charge in [0.25, 0.3) is 0 Å². The zero-order valence-corrected chi connectivity index (χ0v) is 7.99. The molecule has 1 N–H and O–H groups in total. The molecule has 2 aromatic carbocycles. The van der Waals surface area contributed by atoms with E-state index in [1.54, 1.807) is 12.1 Å². The maximum atomic E-state index is 9.15. The molecular weight excluding hydrogens is 172 g/mol. The van der Waals surface area contributed by atoms with Crippen molar-refractivity contribution >= 4 is 0 Å². The normalized spacial score (nSPS) is 10.1. The molecule has 0 fully saturated rings. The van der Waals surface area contributed by atoms with Crippen LogP contribution < -0.4 is 0 Å². The predicted octanol–water partition coefficient (Wildman–Crippen LogP) is 3.17. The molecule has 0 aliphatic heterocycles. The number of rotatable bonds is 1. The highest BCUT2D eigenvalue weighted by Gasteiger charge is 1.97. The van der Waals surface area contributed by atoms with E-state index in [1.807, 2.05) is 31.2 Å². The summed E-state index contributed by atoms with van der Waals surface area (Å²) >= 11 is 0. The molecule has 69 valence electrons. The van der Waals surface area contributed by atoms with E-state index in [0.29, 0.717) is 5.75 Å². The first-order valence-corrected chi connectivity index (χ1v) is 4.53. The molecule has 0 heterocycles. The first kappa shape index (κ1) is 8.82. The summed E-state index contributed by atoms with van der Waals surface area (Å²) in [7, 11) is 0. The van der Waals surface area contributed by atoms with Gasteiger partial charge in [-0.15, -0.1) is 0 Å². The van der Waals surface area contributed by atoms with Gasteiger partial charge in [0.15, 0.2) is 0 Å². The second-order valence-corrected chi connectivity index (χ2v) is 3.31. The van der Waals surface area contributed by atoms with Crippen molar-refractivity contribution in [2.75, 3.05) is 0 Å². The summed E-state index contributed by atoms with van der Waals surface area (Å²) in [6, 6.07) is 16.3. The van der Waals surface area contributed by atoms with Crippen LogP contribution in [0, 0.1) is 13.0 Å². The lowest BCUT2D eigenvalue weighted by Crippen LogP contribution is -1.78. The van der Waals surface area contributed by atoms with Crippen LogP contribution in [0.2, 0.25) is 0 Å². The predicted molar refractivity (Wildman–Crippen MR) is 57.1 cm³/mol. The van der Waals surface area contributed by atoms with E-state index in [1.165, 1.54) is 0 Å². The Hall–Kier alpha value is -1.76. The molecule has 2 rings (SSSR count). The van der Waals surface area contributed by atoms with Crippen LogP contribution in [0.3, 0.4) is 0 Å². The van der Waals surface area contributed by atoms with Gasteiger partial charge in [0.1, 0.15) is 5.75 Å². The average Bonchev–Trinajstić information content (AvgIpc) is 2.19. The van der Waals surface area contributed by atoms with Crippen LogP contribution in [0.1, 0.15) is 5.56 Å². The molecule has 0 saturated heterocycles. The van der Waals surface area contributed by atoms with Gasteiger partial charge in [0, 0.05) is 0 Å². The lowest BCUT2D eigenvalue weighted by molar-refractivity contribution is 0.475. The number of aryl methyl sites for hydroxylation is 1. The molecule has 0 unspecified atom stereocenters. The second-order valence-electron chi connectivity index (χ2n) is 3.31. The minimum absolute atomic E-state index is 0.299. The Morgan fingerprint density at radius 1 is 1.00 bits per heavy atom. The summed E-state index contributed by atoms with van der Waals surface area (Å²) in [5, 5.41) is 9.15. The molecule has 1 heteroatoms. The monoisotopic (exact) mass is 183 g/mol. The van der Waals surface area contributed by atoms with Gasteiger partial charge < -0.3 is 5.11 Å². The van der Waals surface area contributed by atoms with Gasteiger partial charge in [-0.3, -0.25) is 0 Å². The van der Waals surface area contributed by atoms with Crippen LogP contribution in [0.5, 0.6) is 5.75 Å². The van der Waals surface area contributed by atoms with Crippen LogP contribution in [0.15, 0.2) is 42.5 Å². The molecule has 0 atom stereocenters. The fraction of sp³-hybridized carbons (Fsp3) is 0.0769. The van der Waals surface area contributed by atoms with Crippen molar-refractivity contribution < 1.29 is 5.11 Å². The molecule has 0 amide bonds. The summed E-state index contributed by atoms with van der Waals surface area (Å²) in [6.07, 6.45) is 0. The quantitative estimate of drug-likeness (QED) is 0.720. The largest absolute Gasteiger partial charge is 0.508 e. The fourth-order valence-electron chi connectivity index (χ4n) is 1.42. The van der Waals surface area contributed by atoms with Crippen LogP contribution in [0.25, 0.3) is 11.1 Å². The molecule has 2 aromatic rings. The fourth-order valence-corrected chi connectivity index (χ4v) is 1.42. The summed E-state index contributed by atoms with van der Waals surface area (Å²) < 4.78 is 0. The highest BCUT2D eigenvalue weighted by atomic mass is 16.3. The van der Waals surface area contributed by atoms with Gasteiger partial charge in [0.2, 0.25) is 0 Å². The molecule has 14 heavy (non-hydrogen) atoms. The van der Waals surface area contributed by atoms with Crippen molar-refractivity contribution in [3.63, 3.8) is 0 Å². The molecule has 0 spiro atoms. The van der Waals surface area contributed by atoms with Gasteiger partial charge in [-0.05, 0) is 41.8 Å². The molecule has 0 aromatic heterocycles. The summed E-state index contributed by atoms with van der Waals surface area (Å²) in [4.78, 5) is 0. The van der Waals surface area contributed by atoms with Gasteiger partial charge in [-0.2, -0.15) is 0 Å². The summed E-state index contributed by atoms with van der Waals surface area (Å²) in [6.45, 7) is 2.02. The third-order valence-electron chi connectivity index (χ3n) is 2.15. The van der Waals surface area contributed by atoms with Crippen LogP contribution in [-0.4, -0.2) is 5.11 Å². The molecule has 0 aliphatic carbocycles. The molecule has 0 saturated carbocycles. The van der Waals surface area contributed by atoms with Crippen molar-refractivity contribution in [3.05, 3.63) is 54.1 Å². The minimum Gasteiger partial charge on any atom is -0.508 e. The molecular formula is C13H11O. The molecule has 1 nitrogen and oxygen atoms in total. The van der Waals surface area contributed by atoms with Crippen LogP contribution >= 0.6 is 0 Å². The molecule has 0 aliphatic rings. The number of hydrogen-bond acceptors (Lipinski definition) is 1. The van der Waals surface area contributed by atoms with Crippen LogP contribution in [0.4, 0.5) is 0 Å². The number of benzene rings is 2. The van der Waals surface area contributed by atoms with Crippen molar-refractivity contribution in [1.82, 2.24) is 0 Å². The SMILES string of the molecule is Cc1[c]ccc(-c2ccc(O)cc2)c1. The van der Waals surface area contributed by atoms with Crippen LogP contribution in [-0.2, 0) is 0 Å². The Morgan fingerprint density at radius 3 is 2.36 bits per heavy atom. The second kappa shape index (κ2) is 3.54. The Labute approximate surface area is 83.6 Å². The topological polar surface area (TPSA) is 20.2 Å². The highest BCUT2D eigenvalue weighted by Crippen LogP contribution is 2.22. The molecule has 0 bridgehead atoms. The minimum atomic E-state index is 0.299. The smallest absolute Gasteiger partial charge is 0.115 e. The standard InChI is InChI=1S/C13H11O/c1-10-3-2-4-12(9-10)11-5-7-13(14)8-6-11/h2,4-9,14H,1H3. The van der Waals surface area contributed by atoms with Gasteiger partial charge in [-0.1, -0.05) is 30.3 Å². The first-order valence-electron chi connectivity index (χ1n) is 4.53. The van der Waals surface area contributed by atoms with Crippen molar-refractivity contribution in [1.29, 1.82) is 0 Å². The number of phenols is 1. The Kier molecular flexibility index (Phi) is 2.23. The van der Waals surface area contributed by atoms with E-state index < -0.39 is 0 Å². The summed E-state index contributed by atoms with van der Waals surface area (Å²) in [5.41, 5.74) is 3.39. The number of aromatic hydroxyl groups is 1. The van der Waals surface area contributed by atoms with Crippen molar-refractivity contribution in [2.24, 2.45) is 0 Å². The Bertz CT molecular complexity index is 429. The van der Waals surface area contributed by atoms with Crippen molar-refractivity contribution in [2.45, 2.75) is 6.92 Å². The molecule has 1 radical (unpaired) electrons. The maximum Gasteiger partial charge on any atom is 0.115 e. The lowest BCUT2D eigenvalue weighted by atomic mass is 10.0. The maximum absolute atomic E-state index is 9.15. The average molecular weight is 183 g/mol. The van der Waals surface area contributed by atoms with E-state index in [4.69, 9.17) is 5.11 Å². The summed E-state index contributed by atoms with van der Waals surface area (Å²) in [5.74, 6) is 0.299. The van der Waals surface area contributed by atoms with E-state index in [9.17, 15) is 0 Å². The van der Waals surface area contributed by atoms with E-state index >= 15 is 0 Å². The lowest BCUT2D eigenvalue weighted by Gasteiger charge is -2.02. The zero-order chi connectivity index (χ0) is 9.97. The van der Waals surface area contributed by atoms with Gasteiger partial charge >= 0.3 is 0 Å². The van der Waals surface area contributed by atoms with E-state index in [2.05, 4.69) is 12.1 Å². The Morgan fingerprint density at radius 2 is 1.71 bits per heavy atom. The van der Waals surface area contributed by atoms with Crippen molar-refractivity contribution in [3.8, 4) is 16.9 Å². The third kappa shape index (κ3) is 1.77. The van der Waals surface area contributed by atoms with Gasteiger partial charge in [0.05, 0.1) is 0 Å². The number of phenolic OH excluding ortho intramolecular Hbond substituents is 1. The first-order chi connectivity index (χ1) is 6.75. The third-order valence-corrected chi connectivity index (χ3v) is 2.15. The highest BCUT2D eigenvalue weighted by molar-refractivity contribution is 5.64.